The van der Waals surface area contributed by atoms with Crippen LogP contribution in [0, 0.1) is 6.92 Å². The third-order valence-electron chi connectivity index (χ3n) is 1.14. The summed E-state index contributed by atoms with van der Waals surface area (Å²) in [5.41, 5.74) is 1.18. The molecule has 62 valence electrons. The van der Waals surface area contributed by atoms with E-state index in [0.717, 1.165) is 22.4 Å². The maximum absolute atomic E-state index is 5.53. The lowest BCUT2D eigenvalue weighted by atomic mass is 10.6. The van der Waals surface area contributed by atoms with E-state index in [1.54, 1.807) is 11.3 Å². The summed E-state index contributed by atoms with van der Waals surface area (Å²) in [6.07, 6.45) is 0. The van der Waals surface area contributed by atoms with Crippen molar-refractivity contribution >= 4 is 34.7 Å². The van der Waals surface area contributed by atoms with Crippen molar-refractivity contribution in [3.05, 3.63) is 16.1 Å². The SMILES string of the molecule is Cc1nc(CSCCCl)cs1. The van der Waals surface area contributed by atoms with Crippen molar-refractivity contribution in [2.24, 2.45) is 0 Å². The molecule has 0 atom stereocenters. The van der Waals surface area contributed by atoms with E-state index < -0.39 is 0 Å². The molecule has 0 spiro atoms. The first-order valence-electron chi connectivity index (χ1n) is 3.37. The summed E-state index contributed by atoms with van der Waals surface area (Å²) in [5.74, 6) is 2.74. The fraction of sp³-hybridized carbons (Fsp3) is 0.571. The summed E-state index contributed by atoms with van der Waals surface area (Å²) in [4.78, 5) is 4.34. The molecule has 0 saturated heterocycles. The van der Waals surface area contributed by atoms with Gasteiger partial charge < -0.3 is 0 Å². The van der Waals surface area contributed by atoms with E-state index in [-0.39, 0.29) is 0 Å². The predicted molar refractivity (Wildman–Crippen MR) is 53.7 cm³/mol. The van der Waals surface area contributed by atoms with Gasteiger partial charge in [0.1, 0.15) is 0 Å². The van der Waals surface area contributed by atoms with Crippen LogP contribution in [0.15, 0.2) is 5.38 Å². The Bertz CT molecular complexity index is 212. The van der Waals surface area contributed by atoms with Gasteiger partial charge in [-0.25, -0.2) is 4.98 Å². The maximum atomic E-state index is 5.53. The van der Waals surface area contributed by atoms with Crippen molar-refractivity contribution in [2.45, 2.75) is 12.7 Å². The summed E-state index contributed by atoms with van der Waals surface area (Å²) >= 11 is 9.07. The van der Waals surface area contributed by atoms with Crippen molar-refractivity contribution in [1.82, 2.24) is 4.98 Å². The number of rotatable bonds is 4. The van der Waals surface area contributed by atoms with Crippen LogP contribution in [-0.4, -0.2) is 16.6 Å². The second-order valence-corrected chi connectivity index (χ2v) is 4.64. The number of aromatic nitrogens is 1. The molecule has 0 fully saturated rings. The molecule has 0 aliphatic carbocycles. The van der Waals surface area contributed by atoms with E-state index in [1.165, 1.54) is 5.69 Å². The molecule has 0 saturated carbocycles. The lowest BCUT2D eigenvalue weighted by molar-refractivity contribution is 1.18. The molecule has 1 rings (SSSR count). The number of halogens is 1. The zero-order chi connectivity index (χ0) is 8.10. The third-order valence-corrected chi connectivity index (χ3v) is 3.37. The fourth-order valence-corrected chi connectivity index (χ4v) is 2.36. The average molecular weight is 208 g/mol. The van der Waals surface area contributed by atoms with Crippen LogP contribution in [0.3, 0.4) is 0 Å². The molecule has 0 aliphatic heterocycles. The van der Waals surface area contributed by atoms with Gasteiger partial charge in [0.15, 0.2) is 0 Å². The highest BCUT2D eigenvalue weighted by Gasteiger charge is 1.96. The largest absolute Gasteiger partial charge is 0.246 e. The van der Waals surface area contributed by atoms with Crippen LogP contribution < -0.4 is 0 Å². The highest BCUT2D eigenvalue weighted by Crippen LogP contribution is 2.14. The Morgan fingerprint density at radius 3 is 3.09 bits per heavy atom. The first-order valence-corrected chi connectivity index (χ1v) is 5.94. The Morgan fingerprint density at radius 1 is 1.73 bits per heavy atom. The summed E-state index contributed by atoms with van der Waals surface area (Å²) in [7, 11) is 0. The normalized spacial score (nSPS) is 10.4. The van der Waals surface area contributed by atoms with Gasteiger partial charge in [0.2, 0.25) is 0 Å². The number of nitrogens with zero attached hydrogens (tertiary/aromatic N) is 1. The number of thiazole rings is 1. The standard InChI is InChI=1S/C7H10ClNS2/c1-6-9-7(5-11-6)4-10-3-2-8/h5H,2-4H2,1H3. The van der Waals surface area contributed by atoms with Crippen molar-refractivity contribution in [3.8, 4) is 0 Å². The topological polar surface area (TPSA) is 12.9 Å². The monoisotopic (exact) mass is 207 g/mol. The lowest BCUT2D eigenvalue weighted by Gasteiger charge is -1.92. The zero-order valence-corrected chi connectivity index (χ0v) is 8.73. The Morgan fingerprint density at radius 2 is 2.55 bits per heavy atom. The molecule has 11 heavy (non-hydrogen) atoms. The Balaban J connectivity index is 2.27. The van der Waals surface area contributed by atoms with Crippen LogP contribution in [0.1, 0.15) is 10.7 Å². The van der Waals surface area contributed by atoms with Gasteiger partial charge in [-0.15, -0.1) is 22.9 Å². The molecule has 1 nitrogen and oxygen atoms in total. The van der Waals surface area contributed by atoms with Crippen LogP contribution in [0.25, 0.3) is 0 Å². The molecule has 1 aromatic rings. The molecule has 0 radical (unpaired) electrons. The first-order chi connectivity index (χ1) is 5.33. The number of hydrogen-bond acceptors (Lipinski definition) is 3. The minimum absolute atomic E-state index is 0.730. The third kappa shape index (κ3) is 3.45. The molecule has 0 unspecified atom stereocenters. The second kappa shape index (κ2) is 5.01. The minimum atomic E-state index is 0.730. The van der Waals surface area contributed by atoms with E-state index in [2.05, 4.69) is 10.4 Å². The van der Waals surface area contributed by atoms with E-state index in [9.17, 15) is 0 Å². The Labute approximate surface area is 80.2 Å². The molecule has 0 amide bonds. The first kappa shape index (κ1) is 9.36. The van der Waals surface area contributed by atoms with E-state index in [1.807, 2.05) is 18.7 Å². The van der Waals surface area contributed by atoms with Gasteiger partial charge in [0, 0.05) is 22.8 Å². The van der Waals surface area contributed by atoms with Crippen LogP contribution >= 0.6 is 34.7 Å². The number of hydrogen-bond donors (Lipinski definition) is 0. The van der Waals surface area contributed by atoms with Gasteiger partial charge in [-0.2, -0.15) is 11.8 Å². The van der Waals surface area contributed by atoms with Crippen LogP contribution in [0.2, 0.25) is 0 Å². The molecule has 1 aromatic heterocycles. The molecular formula is C7H10ClNS2. The molecule has 0 N–H and O–H groups in total. The summed E-state index contributed by atoms with van der Waals surface area (Å²) in [6.45, 7) is 2.03. The van der Waals surface area contributed by atoms with Gasteiger partial charge in [0.25, 0.3) is 0 Å². The summed E-state index contributed by atoms with van der Waals surface area (Å²) < 4.78 is 0. The van der Waals surface area contributed by atoms with Gasteiger partial charge in [-0.1, -0.05) is 0 Å². The van der Waals surface area contributed by atoms with Crippen molar-refractivity contribution in [2.75, 3.05) is 11.6 Å². The highest BCUT2D eigenvalue weighted by atomic mass is 35.5. The van der Waals surface area contributed by atoms with Gasteiger partial charge in [-0.3, -0.25) is 0 Å². The quantitative estimate of drug-likeness (QED) is 0.556. The van der Waals surface area contributed by atoms with Crippen LogP contribution in [0.5, 0.6) is 0 Å². The van der Waals surface area contributed by atoms with Crippen molar-refractivity contribution < 1.29 is 0 Å². The highest BCUT2D eigenvalue weighted by molar-refractivity contribution is 7.98. The lowest BCUT2D eigenvalue weighted by Crippen LogP contribution is -1.83. The average Bonchev–Trinajstić information content (AvgIpc) is 2.37. The molecular weight excluding hydrogens is 198 g/mol. The fourth-order valence-electron chi connectivity index (χ4n) is 0.706. The van der Waals surface area contributed by atoms with E-state index in [0.29, 0.717) is 0 Å². The molecule has 1 heterocycles. The maximum Gasteiger partial charge on any atom is 0.0897 e. The van der Waals surface area contributed by atoms with Crippen LogP contribution in [0.4, 0.5) is 0 Å². The number of thioether (sulfide) groups is 1. The second-order valence-electron chi connectivity index (χ2n) is 2.10. The smallest absolute Gasteiger partial charge is 0.0897 e. The van der Waals surface area contributed by atoms with E-state index in [4.69, 9.17) is 11.6 Å². The number of aryl methyl sites for hydroxylation is 1. The minimum Gasteiger partial charge on any atom is -0.246 e. The molecule has 4 heteroatoms. The van der Waals surface area contributed by atoms with Gasteiger partial charge >= 0.3 is 0 Å². The van der Waals surface area contributed by atoms with Gasteiger partial charge in [-0.05, 0) is 6.92 Å². The Hall–Kier alpha value is 0.270. The predicted octanol–water partition coefficient (Wildman–Crippen LogP) is 2.92. The molecule has 0 aromatic carbocycles. The Kier molecular flexibility index (Phi) is 4.26. The van der Waals surface area contributed by atoms with Crippen LogP contribution in [-0.2, 0) is 5.75 Å². The summed E-state index contributed by atoms with van der Waals surface area (Å²) in [6, 6.07) is 0. The van der Waals surface area contributed by atoms with Gasteiger partial charge in [0.05, 0.1) is 10.7 Å². The zero-order valence-electron chi connectivity index (χ0n) is 6.34. The molecule has 0 bridgehead atoms. The van der Waals surface area contributed by atoms with Crippen molar-refractivity contribution in [3.63, 3.8) is 0 Å². The van der Waals surface area contributed by atoms with E-state index >= 15 is 0 Å². The molecule has 0 aliphatic rings. The number of alkyl halides is 1. The summed E-state index contributed by atoms with van der Waals surface area (Å²) in [5, 5.41) is 3.25. The van der Waals surface area contributed by atoms with Crippen molar-refractivity contribution in [1.29, 1.82) is 0 Å².